The maximum atomic E-state index is 11.3. The second-order valence-electron chi connectivity index (χ2n) is 5.15. The van der Waals surface area contributed by atoms with Gasteiger partial charge in [0.1, 0.15) is 6.29 Å². The van der Waals surface area contributed by atoms with Gasteiger partial charge in [0.25, 0.3) is 0 Å². The summed E-state index contributed by atoms with van der Waals surface area (Å²) in [6.07, 6.45) is 1.07. The minimum atomic E-state index is 0.0455. The highest BCUT2D eigenvalue weighted by Crippen LogP contribution is 2.24. The predicted molar refractivity (Wildman–Crippen MR) is 82.0 cm³/mol. The molecule has 0 N–H and O–H groups in total. The normalized spacial score (nSPS) is 16.2. The molecule has 1 aliphatic heterocycles. The molecule has 1 aliphatic rings. The molecule has 0 unspecified atom stereocenters. The van der Waals surface area contributed by atoms with E-state index in [4.69, 9.17) is 0 Å². The average Bonchev–Trinajstić information content (AvgIpc) is 2.56. The summed E-state index contributed by atoms with van der Waals surface area (Å²) in [5.41, 5.74) is 2.33. The molecule has 0 aromatic heterocycles. The number of benzene rings is 2. The molecule has 0 atom stereocenters. The quantitative estimate of drug-likeness (QED) is 0.798. The molecule has 0 bridgehead atoms. The van der Waals surface area contributed by atoms with Crippen molar-refractivity contribution in [1.29, 1.82) is 0 Å². The van der Waals surface area contributed by atoms with Crippen LogP contribution in [0.15, 0.2) is 60.7 Å². The van der Waals surface area contributed by atoms with Gasteiger partial charge in [-0.05, 0) is 24.3 Å². The summed E-state index contributed by atoms with van der Waals surface area (Å²) in [6.45, 7) is 2.39. The topological polar surface area (TPSA) is 23.6 Å². The molecule has 0 radical (unpaired) electrons. The van der Waals surface area contributed by atoms with E-state index in [-0.39, 0.29) is 5.92 Å². The molecule has 20 heavy (non-hydrogen) atoms. The van der Waals surface area contributed by atoms with E-state index in [2.05, 4.69) is 34.1 Å². The summed E-state index contributed by atoms with van der Waals surface area (Å²) >= 11 is 0. The van der Waals surface area contributed by atoms with E-state index in [1.54, 1.807) is 0 Å². The second-order valence-corrected chi connectivity index (χ2v) is 5.15. The standard InChI is InChI=1S/C17H18N2O/c20-13-15-11-18(16-7-3-1-4-8-16)14-19(12-15)17-9-5-2-6-10-17/h1-10,13,15H,11-12,14H2. The Balaban J connectivity index is 1.85. The number of aldehydes is 1. The van der Waals surface area contributed by atoms with Crippen molar-refractivity contribution < 1.29 is 4.79 Å². The predicted octanol–water partition coefficient (Wildman–Crippen LogP) is 2.79. The maximum absolute atomic E-state index is 11.3. The number of para-hydroxylation sites is 2. The van der Waals surface area contributed by atoms with Crippen molar-refractivity contribution in [3.8, 4) is 0 Å². The summed E-state index contributed by atoms with van der Waals surface area (Å²) < 4.78 is 0. The Labute approximate surface area is 119 Å². The van der Waals surface area contributed by atoms with Gasteiger partial charge in [-0.1, -0.05) is 36.4 Å². The number of carbonyl (C=O) groups excluding carboxylic acids is 1. The van der Waals surface area contributed by atoms with Gasteiger partial charge < -0.3 is 14.6 Å². The van der Waals surface area contributed by atoms with Crippen LogP contribution in [0.2, 0.25) is 0 Å². The number of hydrogen-bond acceptors (Lipinski definition) is 3. The van der Waals surface area contributed by atoms with E-state index in [0.717, 1.165) is 26.0 Å². The molecule has 0 spiro atoms. The summed E-state index contributed by atoms with van der Waals surface area (Å²) in [5, 5.41) is 0. The van der Waals surface area contributed by atoms with Gasteiger partial charge in [-0.25, -0.2) is 0 Å². The molecule has 3 nitrogen and oxygen atoms in total. The molecule has 0 amide bonds. The molecule has 2 aromatic rings. The number of hydrogen-bond donors (Lipinski definition) is 0. The number of nitrogens with zero attached hydrogens (tertiary/aromatic N) is 2. The third kappa shape index (κ3) is 2.67. The van der Waals surface area contributed by atoms with Crippen LogP contribution >= 0.6 is 0 Å². The first-order valence-corrected chi connectivity index (χ1v) is 6.92. The van der Waals surface area contributed by atoms with E-state index >= 15 is 0 Å². The van der Waals surface area contributed by atoms with Crippen molar-refractivity contribution >= 4 is 17.7 Å². The summed E-state index contributed by atoms with van der Waals surface area (Å²) in [6, 6.07) is 20.5. The number of carbonyl (C=O) groups is 1. The molecule has 0 aliphatic carbocycles. The number of rotatable bonds is 3. The summed E-state index contributed by atoms with van der Waals surface area (Å²) in [4.78, 5) is 15.8. The van der Waals surface area contributed by atoms with Gasteiger partial charge in [0.15, 0.2) is 0 Å². The van der Waals surface area contributed by atoms with E-state index in [1.165, 1.54) is 11.4 Å². The van der Waals surface area contributed by atoms with Gasteiger partial charge in [-0.2, -0.15) is 0 Å². The molecule has 0 saturated carbocycles. The van der Waals surface area contributed by atoms with Crippen LogP contribution in [0.3, 0.4) is 0 Å². The van der Waals surface area contributed by atoms with Crippen molar-refractivity contribution in [3.05, 3.63) is 60.7 Å². The van der Waals surface area contributed by atoms with Gasteiger partial charge in [-0.3, -0.25) is 0 Å². The largest absolute Gasteiger partial charge is 0.353 e. The Morgan fingerprint density at radius 2 is 1.25 bits per heavy atom. The van der Waals surface area contributed by atoms with Crippen molar-refractivity contribution in [2.24, 2.45) is 5.92 Å². The van der Waals surface area contributed by atoms with Gasteiger partial charge in [0.2, 0.25) is 0 Å². The van der Waals surface area contributed by atoms with Gasteiger partial charge in [-0.15, -0.1) is 0 Å². The van der Waals surface area contributed by atoms with E-state index in [9.17, 15) is 4.79 Å². The first-order valence-electron chi connectivity index (χ1n) is 6.92. The van der Waals surface area contributed by atoms with E-state index in [1.807, 2.05) is 36.4 Å². The minimum absolute atomic E-state index is 0.0455. The smallest absolute Gasteiger partial charge is 0.126 e. The fraction of sp³-hybridized carbons (Fsp3) is 0.235. The number of anilines is 2. The molecule has 102 valence electrons. The first kappa shape index (κ1) is 12.7. The molecule has 3 heteroatoms. The van der Waals surface area contributed by atoms with Gasteiger partial charge in [0, 0.05) is 30.4 Å². The van der Waals surface area contributed by atoms with Crippen LogP contribution in [0.5, 0.6) is 0 Å². The van der Waals surface area contributed by atoms with Crippen LogP contribution in [-0.4, -0.2) is 26.0 Å². The lowest BCUT2D eigenvalue weighted by molar-refractivity contribution is -0.110. The highest BCUT2D eigenvalue weighted by atomic mass is 16.1. The molecule has 1 fully saturated rings. The third-order valence-electron chi connectivity index (χ3n) is 3.69. The van der Waals surface area contributed by atoms with Crippen molar-refractivity contribution in [2.75, 3.05) is 29.6 Å². The fourth-order valence-electron chi connectivity index (χ4n) is 2.68. The van der Waals surface area contributed by atoms with Crippen molar-refractivity contribution in [3.63, 3.8) is 0 Å². The monoisotopic (exact) mass is 266 g/mol. The zero-order chi connectivity index (χ0) is 13.8. The second kappa shape index (κ2) is 5.78. The van der Waals surface area contributed by atoms with Crippen LogP contribution in [0.1, 0.15) is 0 Å². The van der Waals surface area contributed by atoms with E-state index in [0.29, 0.717) is 0 Å². The molecular weight excluding hydrogens is 248 g/mol. The molecule has 3 rings (SSSR count). The molecular formula is C17H18N2O. The Bertz CT molecular complexity index is 508. The van der Waals surface area contributed by atoms with Crippen LogP contribution in [0.25, 0.3) is 0 Å². The Hall–Kier alpha value is -2.29. The molecule has 1 heterocycles. The van der Waals surface area contributed by atoms with Crippen molar-refractivity contribution in [1.82, 2.24) is 0 Å². The summed E-state index contributed by atoms with van der Waals surface area (Å²) in [7, 11) is 0. The zero-order valence-electron chi connectivity index (χ0n) is 11.4. The van der Waals surface area contributed by atoms with E-state index < -0.39 is 0 Å². The lowest BCUT2D eigenvalue weighted by atomic mass is 10.1. The molecule has 1 saturated heterocycles. The minimum Gasteiger partial charge on any atom is -0.353 e. The Kier molecular flexibility index (Phi) is 3.68. The van der Waals surface area contributed by atoms with Crippen LogP contribution in [0, 0.1) is 5.92 Å². The molecule has 2 aromatic carbocycles. The summed E-state index contributed by atoms with van der Waals surface area (Å²) in [5.74, 6) is 0.0455. The van der Waals surface area contributed by atoms with Crippen molar-refractivity contribution in [2.45, 2.75) is 0 Å². The maximum Gasteiger partial charge on any atom is 0.126 e. The average molecular weight is 266 g/mol. The van der Waals surface area contributed by atoms with Crippen LogP contribution in [0.4, 0.5) is 11.4 Å². The lowest BCUT2D eigenvalue weighted by Crippen LogP contribution is -2.50. The lowest BCUT2D eigenvalue weighted by Gasteiger charge is -2.41. The van der Waals surface area contributed by atoms with Gasteiger partial charge in [0.05, 0.1) is 6.67 Å². The Morgan fingerprint density at radius 1 is 0.800 bits per heavy atom. The van der Waals surface area contributed by atoms with Crippen LogP contribution in [-0.2, 0) is 4.79 Å². The van der Waals surface area contributed by atoms with Crippen LogP contribution < -0.4 is 9.80 Å². The Morgan fingerprint density at radius 3 is 1.65 bits per heavy atom. The highest BCUT2D eigenvalue weighted by Gasteiger charge is 2.25. The van der Waals surface area contributed by atoms with Gasteiger partial charge >= 0.3 is 0 Å². The third-order valence-corrected chi connectivity index (χ3v) is 3.69. The highest BCUT2D eigenvalue weighted by molar-refractivity contribution is 5.61. The fourth-order valence-corrected chi connectivity index (χ4v) is 2.68. The SMILES string of the molecule is O=CC1CN(c2ccccc2)CN(c2ccccc2)C1. The zero-order valence-corrected chi connectivity index (χ0v) is 11.4. The first-order chi connectivity index (χ1) is 9.86.